The molecule has 1 heterocycles. The fraction of sp³-hybridized carbons (Fsp3) is 0.437. The summed E-state index contributed by atoms with van der Waals surface area (Å²) >= 11 is 0. The minimum atomic E-state index is -2.42. The number of aliphatic hydroxyl groups excluding tert-OH is 3. The molecule has 20 N–H and O–H groups in total. The average Bonchev–Trinajstić information content (AvgIpc) is 1.08. The zero-order valence-electron chi connectivity index (χ0n) is 59.1. The van der Waals surface area contributed by atoms with Gasteiger partial charge in [0.15, 0.2) is 0 Å². The number of methoxy groups -OCH3 is 1. The van der Waals surface area contributed by atoms with Gasteiger partial charge in [-0.2, -0.15) is 0 Å². The predicted octanol–water partition coefficient (Wildman–Crippen LogP) is -1.98. The number of aryl methyl sites for hydroxylation is 2. The third-order valence-corrected chi connectivity index (χ3v) is 16.9. The number of nitrogens with one attached hydrogen (secondary N) is 11. The number of carboxylic acid groups (broad SMARTS) is 2. The quantitative estimate of drug-likeness (QED) is 0.0201. The van der Waals surface area contributed by atoms with Gasteiger partial charge in [-0.05, 0) is 118 Å². The molecule has 0 aliphatic heterocycles. The van der Waals surface area contributed by atoms with Gasteiger partial charge in [0.1, 0.15) is 64.9 Å². The molecule has 11 atom stereocenters. The Kier molecular flexibility index (Phi) is 32.2. The summed E-state index contributed by atoms with van der Waals surface area (Å²) in [6, 6.07) is 12.7. The second-order valence-electron chi connectivity index (χ2n) is 25.8. The van der Waals surface area contributed by atoms with E-state index in [4.69, 9.17) is 16.2 Å². The number of carbonyl (C=O) groups excluding carboxylic acids is 11. The van der Waals surface area contributed by atoms with Gasteiger partial charge in [-0.25, -0.2) is 9.37 Å². The molecule has 0 saturated heterocycles. The number of imidazole rings is 1. The summed E-state index contributed by atoms with van der Waals surface area (Å²) in [4.78, 5) is 183. The van der Waals surface area contributed by atoms with Crippen molar-refractivity contribution in [2.45, 2.75) is 177 Å². The van der Waals surface area contributed by atoms with E-state index >= 15 is 4.39 Å². The van der Waals surface area contributed by atoms with Crippen LogP contribution in [0.5, 0.6) is 5.75 Å². The maximum atomic E-state index is 15.5. The van der Waals surface area contributed by atoms with Crippen molar-refractivity contribution in [1.82, 2.24) is 63.1 Å². The highest BCUT2D eigenvalue weighted by atomic mass is 19.1. The summed E-state index contributed by atoms with van der Waals surface area (Å²) < 4.78 is 20.8. The first-order chi connectivity index (χ1) is 49.6. The fourth-order valence-corrected chi connectivity index (χ4v) is 10.9. The number of aliphatic carboxylic acids is 2. The van der Waals surface area contributed by atoms with Gasteiger partial charge >= 0.3 is 11.9 Å². The number of primary amides is 1. The predicted molar refractivity (Wildman–Crippen MR) is 375 cm³/mol. The van der Waals surface area contributed by atoms with E-state index in [0.717, 1.165) is 49.1 Å². The molecule has 568 valence electrons. The van der Waals surface area contributed by atoms with Crippen LogP contribution in [0.1, 0.15) is 102 Å². The van der Waals surface area contributed by atoms with Crippen LogP contribution in [0.3, 0.4) is 0 Å². The summed E-state index contributed by atoms with van der Waals surface area (Å²) in [6.45, 7) is 5.33. The summed E-state index contributed by atoms with van der Waals surface area (Å²) in [7, 11) is 1.55. The first-order valence-electron chi connectivity index (χ1n) is 33.6. The van der Waals surface area contributed by atoms with E-state index in [0.29, 0.717) is 36.3 Å². The lowest BCUT2D eigenvalue weighted by Crippen LogP contribution is -2.67. The van der Waals surface area contributed by atoms with Crippen molar-refractivity contribution in [3.63, 3.8) is 0 Å². The summed E-state index contributed by atoms with van der Waals surface area (Å²) in [5, 5.41) is 75.0. The topological polar surface area (TPSA) is 533 Å². The van der Waals surface area contributed by atoms with Crippen LogP contribution < -0.4 is 69.4 Å². The molecule has 4 aromatic carbocycles. The van der Waals surface area contributed by atoms with Crippen molar-refractivity contribution in [3.05, 3.63) is 143 Å². The molecular weight excluding hydrogens is 1370 g/mol. The Labute approximate surface area is 604 Å². The normalized spacial score (nSPS) is 14.7. The molecule has 0 radical (unpaired) electrons. The lowest BCUT2D eigenvalue weighted by Gasteiger charge is -2.34. The smallest absolute Gasteiger partial charge is 0.305 e. The monoisotopic (exact) mass is 1460 g/mol. The van der Waals surface area contributed by atoms with Gasteiger partial charge in [-0.3, -0.25) is 62.3 Å². The van der Waals surface area contributed by atoms with E-state index in [-0.39, 0.29) is 24.8 Å². The largest absolute Gasteiger partial charge is 0.497 e. The lowest BCUT2D eigenvalue weighted by atomic mass is 9.90. The van der Waals surface area contributed by atoms with Crippen LogP contribution in [-0.4, -0.2) is 204 Å². The number of H-pyrrole nitrogens is 1. The Morgan fingerprint density at radius 3 is 1.82 bits per heavy atom. The molecule has 0 aliphatic rings. The Hall–Kier alpha value is -11.2. The number of nitrogens with zero attached hydrogens (tertiary/aromatic N) is 1. The molecule has 105 heavy (non-hydrogen) atoms. The highest BCUT2D eigenvalue weighted by Gasteiger charge is 2.43. The fourth-order valence-electron chi connectivity index (χ4n) is 10.9. The molecule has 0 unspecified atom stereocenters. The number of halogens is 1. The highest BCUT2D eigenvalue weighted by Crippen LogP contribution is 2.29. The number of amides is 11. The highest BCUT2D eigenvalue weighted by molar-refractivity contribution is 6.01. The second-order valence-corrected chi connectivity index (χ2v) is 25.8. The molecule has 1 aromatic heterocycles. The van der Waals surface area contributed by atoms with E-state index in [1.165, 1.54) is 44.6 Å². The van der Waals surface area contributed by atoms with Crippen molar-refractivity contribution >= 4 is 76.9 Å². The third kappa shape index (κ3) is 26.2. The number of ether oxygens (including phenoxy) is 1. The zero-order chi connectivity index (χ0) is 77.9. The molecular formula is C71H93FN14O19. The first kappa shape index (κ1) is 84.4. The molecule has 0 bridgehead atoms. The number of carbonyl (C=O) groups is 13. The Morgan fingerprint density at radius 1 is 0.619 bits per heavy atom. The van der Waals surface area contributed by atoms with Gasteiger partial charge in [0, 0.05) is 31.9 Å². The van der Waals surface area contributed by atoms with Gasteiger partial charge in [-0.15, -0.1) is 0 Å². The zero-order valence-corrected chi connectivity index (χ0v) is 59.1. The molecule has 33 nitrogen and oxygen atoms in total. The molecule has 5 rings (SSSR count). The summed E-state index contributed by atoms with van der Waals surface area (Å²) in [6.07, 6.45) is -2.60. The molecule has 0 spiro atoms. The first-order valence-corrected chi connectivity index (χ1v) is 33.6. The van der Waals surface area contributed by atoms with E-state index in [9.17, 15) is 87.9 Å². The molecule has 34 heteroatoms. The van der Waals surface area contributed by atoms with Crippen LogP contribution in [0.15, 0.2) is 110 Å². The Balaban J connectivity index is 1.32. The molecule has 0 saturated carbocycles. The Bertz CT molecular complexity index is 3860. The van der Waals surface area contributed by atoms with Gasteiger partial charge in [-0.1, -0.05) is 85.8 Å². The summed E-state index contributed by atoms with van der Waals surface area (Å²) in [5.74, 6) is -15.9. The van der Waals surface area contributed by atoms with Crippen molar-refractivity contribution < 1.29 is 97.0 Å². The number of aliphatic hydroxyl groups is 3. The lowest BCUT2D eigenvalue weighted by molar-refractivity contribution is -0.142. The second kappa shape index (κ2) is 40.0. The van der Waals surface area contributed by atoms with Gasteiger partial charge in [0.25, 0.3) is 0 Å². The molecule has 5 aromatic rings. The van der Waals surface area contributed by atoms with Crippen LogP contribution in [-0.2, 0) is 94.4 Å². The van der Waals surface area contributed by atoms with Crippen LogP contribution in [0.4, 0.5) is 4.39 Å². The number of carboxylic acids is 2. The van der Waals surface area contributed by atoms with Crippen molar-refractivity contribution in [3.8, 4) is 16.9 Å². The van der Waals surface area contributed by atoms with Crippen LogP contribution >= 0.6 is 0 Å². The van der Waals surface area contributed by atoms with Crippen LogP contribution in [0.25, 0.3) is 11.1 Å². The Morgan fingerprint density at radius 2 is 1.23 bits per heavy atom. The van der Waals surface area contributed by atoms with E-state index in [1.807, 2.05) is 49.4 Å². The van der Waals surface area contributed by atoms with Crippen molar-refractivity contribution in [2.75, 3.05) is 20.3 Å². The van der Waals surface area contributed by atoms with E-state index in [1.54, 1.807) is 37.4 Å². The number of aromatic nitrogens is 2. The molecule has 0 fully saturated rings. The molecule has 0 aliphatic carbocycles. The van der Waals surface area contributed by atoms with E-state index in [2.05, 4.69) is 63.1 Å². The number of rotatable bonds is 42. The van der Waals surface area contributed by atoms with Gasteiger partial charge in [0.05, 0.1) is 57.0 Å². The summed E-state index contributed by atoms with van der Waals surface area (Å²) in [5.41, 5.74) is 11.9. The van der Waals surface area contributed by atoms with Crippen molar-refractivity contribution in [1.29, 1.82) is 0 Å². The van der Waals surface area contributed by atoms with E-state index < -0.39 is 193 Å². The SMILES string of the molecule is CCc1cc(OC)ccc1-c1ccc(C[C@H](NC(=O)[C@H](CC(=O)O)NC(=O)[C@H](CO)NC(=O)[C@@H](NC(=O)[C@](C)(Cc2ccccc2F)NC(=O)[C@@H](NC(=O)CNC(=O)[C@H](CCC(=O)O)NC(=O)C(C)(C)NC(=O)[C@@H](N)Cc2c[nH]cn2)[C@@H](C)O)[C@@H](C)O)C(=O)N[C@@H](CCCc2ccccc2)C(N)=O)cc1. The number of benzene rings is 4. The maximum Gasteiger partial charge on any atom is 0.305 e. The molecule has 11 amide bonds. The standard InChI is InChI=1S/C71H93FN14O19/c1-8-42-30-46(105-7)25-26-47(42)43-23-21-41(22-24-43)29-52(63(98)78-50(60(74)95)20-14-17-40-15-10-9-11-16-40)79-64(99)53(32-57(93)94)80-65(100)54(36-87)81-66(101)58(38(2)88)84-69(104)71(6,33-44-18-12-13-19-48(44)72)86-67(102)59(39(3)89)83-55(90)35-76-62(97)51(27-28-56(91)92)82-68(103)70(4,5)85-61(96)49(73)31-45-34-75-37-77-45/h9-13,15-16,18-19,21-26,30,34,37-39,49-54,58-59,87-89H,8,14,17,20,27-29,31-33,35-36,73H2,1-7H3,(H2,74,95)(H,75,77)(H,76,97)(H,78,98)(H,79,99)(H,80,100)(H,81,101)(H,82,103)(H,83,90)(H,84,104)(H,85,96)(H,86,102)(H,91,92)(H,93,94)/t38-,39-,49+,50+,51+,52+,53+,54+,58+,59+,71+/m1/s1. The minimum absolute atomic E-state index is 0.0144. The maximum absolute atomic E-state index is 15.5. The van der Waals surface area contributed by atoms with Crippen LogP contribution in [0.2, 0.25) is 0 Å². The number of aromatic amines is 1. The van der Waals surface area contributed by atoms with Crippen molar-refractivity contribution in [2.24, 2.45) is 11.5 Å². The number of nitrogens with two attached hydrogens (primary N) is 2. The average molecular weight is 1470 g/mol. The van der Waals surface area contributed by atoms with Gasteiger partial charge in [0.2, 0.25) is 65.0 Å². The van der Waals surface area contributed by atoms with Crippen LogP contribution in [0, 0.1) is 5.82 Å². The number of hydrogen-bond acceptors (Lipinski definition) is 19. The minimum Gasteiger partial charge on any atom is -0.497 e. The third-order valence-electron chi connectivity index (χ3n) is 16.9. The number of hydrogen-bond donors (Lipinski definition) is 18. The van der Waals surface area contributed by atoms with Gasteiger partial charge < -0.3 is 99.9 Å².